The first-order valence-electron chi connectivity index (χ1n) is 5.36. The van der Waals surface area contributed by atoms with Crippen molar-refractivity contribution in [2.75, 3.05) is 12.3 Å². The van der Waals surface area contributed by atoms with Crippen LogP contribution < -0.4 is 5.73 Å². The smallest absolute Gasteiger partial charge is 0.240 e. The summed E-state index contributed by atoms with van der Waals surface area (Å²) in [6.07, 6.45) is 2.26. The number of carbonyl (C=O) groups excluding carboxylic acids is 1. The summed E-state index contributed by atoms with van der Waals surface area (Å²) < 4.78 is 0. The van der Waals surface area contributed by atoms with Gasteiger partial charge in [0.05, 0.1) is 6.04 Å². The highest BCUT2D eigenvalue weighted by Crippen LogP contribution is 2.24. The summed E-state index contributed by atoms with van der Waals surface area (Å²) in [5, 5.41) is 0.499. The van der Waals surface area contributed by atoms with Crippen LogP contribution >= 0.6 is 11.8 Å². The summed E-state index contributed by atoms with van der Waals surface area (Å²) >= 11 is 1.92. The van der Waals surface area contributed by atoms with Gasteiger partial charge in [-0.05, 0) is 13.3 Å². The van der Waals surface area contributed by atoms with E-state index in [4.69, 9.17) is 5.73 Å². The molecule has 0 saturated carbocycles. The Morgan fingerprint density at radius 3 is 3.00 bits per heavy atom. The molecule has 0 aliphatic carbocycles. The van der Waals surface area contributed by atoms with Gasteiger partial charge in [0.1, 0.15) is 0 Å². The molecule has 15 heavy (non-hydrogen) atoms. The highest BCUT2D eigenvalue weighted by molar-refractivity contribution is 8.00. The summed E-state index contributed by atoms with van der Waals surface area (Å²) in [5.74, 6) is 1.08. The fourth-order valence-corrected chi connectivity index (χ4v) is 2.84. The van der Waals surface area contributed by atoms with E-state index in [9.17, 15) is 4.79 Å². The second kappa shape index (κ2) is 5.56. The molecule has 0 aromatic heterocycles. The number of amides is 1. The summed E-state index contributed by atoms with van der Waals surface area (Å²) in [6.45, 7) is 8.68. The van der Waals surface area contributed by atoms with Gasteiger partial charge in [0.15, 0.2) is 0 Å². The Morgan fingerprint density at radius 2 is 2.40 bits per heavy atom. The van der Waals surface area contributed by atoms with Crippen molar-refractivity contribution < 1.29 is 4.79 Å². The Balaban J connectivity index is 2.61. The summed E-state index contributed by atoms with van der Waals surface area (Å²) in [5.41, 5.74) is 5.80. The molecule has 2 N–H and O–H groups in total. The van der Waals surface area contributed by atoms with Crippen LogP contribution in [0.5, 0.6) is 0 Å². The summed E-state index contributed by atoms with van der Waals surface area (Å²) in [4.78, 5) is 13.9. The number of nitrogens with zero attached hydrogens (tertiary/aromatic N) is 1. The van der Waals surface area contributed by atoms with Crippen molar-refractivity contribution in [3.8, 4) is 0 Å². The van der Waals surface area contributed by atoms with Crippen molar-refractivity contribution >= 4 is 17.7 Å². The fraction of sp³-hybridized carbons (Fsp3) is 0.727. The molecule has 3 atom stereocenters. The third-order valence-corrected chi connectivity index (χ3v) is 4.24. The predicted octanol–water partition coefficient (Wildman–Crippen LogP) is 1.24. The SMILES string of the molecule is C=CCC(N)C(=O)N1CCSC(C)C1C. The molecule has 3 nitrogen and oxygen atoms in total. The largest absolute Gasteiger partial charge is 0.337 e. The fourth-order valence-electron chi connectivity index (χ4n) is 1.74. The van der Waals surface area contributed by atoms with Crippen LogP contribution in [0.2, 0.25) is 0 Å². The molecule has 1 aliphatic rings. The van der Waals surface area contributed by atoms with Gasteiger partial charge in [0, 0.05) is 23.6 Å². The van der Waals surface area contributed by atoms with Gasteiger partial charge in [-0.25, -0.2) is 0 Å². The topological polar surface area (TPSA) is 46.3 Å². The second-order valence-corrected chi connectivity index (χ2v) is 5.46. The van der Waals surface area contributed by atoms with Crippen molar-refractivity contribution in [3.63, 3.8) is 0 Å². The maximum Gasteiger partial charge on any atom is 0.240 e. The van der Waals surface area contributed by atoms with Crippen LogP contribution in [0.1, 0.15) is 20.3 Å². The van der Waals surface area contributed by atoms with Crippen molar-refractivity contribution in [2.45, 2.75) is 37.6 Å². The van der Waals surface area contributed by atoms with Gasteiger partial charge in [0.2, 0.25) is 5.91 Å². The lowest BCUT2D eigenvalue weighted by Crippen LogP contribution is -2.53. The van der Waals surface area contributed by atoms with Gasteiger partial charge >= 0.3 is 0 Å². The van der Waals surface area contributed by atoms with E-state index >= 15 is 0 Å². The zero-order valence-corrected chi connectivity index (χ0v) is 10.3. The second-order valence-electron chi connectivity index (χ2n) is 3.98. The normalized spacial score (nSPS) is 28.6. The predicted molar refractivity (Wildman–Crippen MR) is 65.9 cm³/mol. The van der Waals surface area contributed by atoms with E-state index in [1.54, 1.807) is 6.08 Å². The minimum atomic E-state index is -0.416. The van der Waals surface area contributed by atoms with Gasteiger partial charge in [-0.3, -0.25) is 4.79 Å². The molecule has 3 unspecified atom stereocenters. The van der Waals surface area contributed by atoms with E-state index in [0.717, 1.165) is 12.3 Å². The van der Waals surface area contributed by atoms with Gasteiger partial charge in [-0.2, -0.15) is 11.8 Å². The van der Waals surface area contributed by atoms with Crippen LogP contribution in [0.15, 0.2) is 12.7 Å². The lowest BCUT2D eigenvalue weighted by atomic mass is 10.1. The number of thioether (sulfide) groups is 1. The molecule has 1 fully saturated rings. The van der Waals surface area contributed by atoms with Gasteiger partial charge in [-0.1, -0.05) is 13.0 Å². The Hall–Kier alpha value is -0.480. The Labute approximate surface area is 96.1 Å². The van der Waals surface area contributed by atoms with E-state index in [0.29, 0.717) is 11.7 Å². The molecule has 4 heteroatoms. The van der Waals surface area contributed by atoms with Crippen LogP contribution in [0, 0.1) is 0 Å². The van der Waals surface area contributed by atoms with Gasteiger partial charge in [-0.15, -0.1) is 6.58 Å². The number of carbonyl (C=O) groups is 1. The number of hydrogen-bond acceptors (Lipinski definition) is 3. The van der Waals surface area contributed by atoms with E-state index in [1.807, 2.05) is 16.7 Å². The lowest BCUT2D eigenvalue weighted by molar-refractivity contribution is -0.134. The number of nitrogens with two attached hydrogens (primary N) is 1. The highest BCUT2D eigenvalue weighted by Gasteiger charge is 2.30. The van der Waals surface area contributed by atoms with Crippen LogP contribution in [0.4, 0.5) is 0 Å². The summed E-state index contributed by atoms with van der Waals surface area (Å²) in [6, 6.07) is -0.132. The average molecular weight is 228 g/mol. The van der Waals surface area contributed by atoms with Gasteiger partial charge in [0.25, 0.3) is 0 Å². The molecule has 0 aromatic rings. The zero-order valence-electron chi connectivity index (χ0n) is 9.48. The molecule has 0 spiro atoms. The first kappa shape index (κ1) is 12.6. The minimum absolute atomic E-state index is 0.0644. The van der Waals surface area contributed by atoms with E-state index in [-0.39, 0.29) is 11.9 Å². The Bertz CT molecular complexity index is 245. The Kier molecular flexibility index (Phi) is 4.67. The molecule has 86 valence electrons. The molecule has 0 aromatic carbocycles. The van der Waals surface area contributed by atoms with Crippen molar-refractivity contribution in [2.24, 2.45) is 5.73 Å². The molecule has 1 saturated heterocycles. The maximum atomic E-state index is 12.0. The van der Waals surface area contributed by atoms with Crippen LogP contribution in [-0.4, -0.2) is 40.4 Å². The molecule has 1 amide bonds. The summed E-state index contributed by atoms with van der Waals surface area (Å²) in [7, 11) is 0. The first-order valence-corrected chi connectivity index (χ1v) is 6.41. The number of rotatable bonds is 3. The third kappa shape index (κ3) is 2.98. The van der Waals surface area contributed by atoms with Crippen LogP contribution in [-0.2, 0) is 4.79 Å². The van der Waals surface area contributed by atoms with Gasteiger partial charge < -0.3 is 10.6 Å². The van der Waals surface area contributed by atoms with E-state index < -0.39 is 6.04 Å². The monoisotopic (exact) mass is 228 g/mol. The Morgan fingerprint density at radius 1 is 1.73 bits per heavy atom. The van der Waals surface area contributed by atoms with Crippen LogP contribution in [0.25, 0.3) is 0 Å². The molecular formula is C11H20N2OS. The molecular weight excluding hydrogens is 208 g/mol. The maximum absolute atomic E-state index is 12.0. The van der Waals surface area contributed by atoms with E-state index in [2.05, 4.69) is 20.4 Å². The molecule has 1 heterocycles. The van der Waals surface area contributed by atoms with Crippen molar-refractivity contribution in [1.29, 1.82) is 0 Å². The van der Waals surface area contributed by atoms with Crippen molar-refractivity contribution in [1.82, 2.24) is 4.90 Å². The van der Waals surface area contributed by atoms with E-state index in [1.165, 1.54) is 0 Å². The van der Waals surface area contributed by atoms with Crippen molar-refractivity contribution in [3.05, 3.63) is 12.7 Å². The van der Waals surface area contributed by atoms with Crippen LogP contribution in [0.3, 0.4) is 0 Å². The molecule has 0 bridgehead atoms. The standard InChI is InChI=1S/C11H20N2OS/c1-4-5-10(12)11(14)13-6-7-15-9(3)8(13)2/h4,8-10H,1,5-7,12H2,2-3H3. The molecule has 0 radical (unpaired) electrons. The quantitative estimate of drug-likeness (QED) is 0.739. The first-order chi connectivity index (χ1) is 7.07. The third-order valence-electron chi connectivity index (χ3n) is 2.90. The zero-order chi connectivity index (χ0) is 11.4. The molecule has 1 rings (SSSR count). The molecule has 1 aliphatic heterocycles. The average Bonchev–Trinajstić information content (AvgIpc) is 2.21. The lowest BCUT2D eigenvalue weighted by Gasteiger charge is -2.38. The number of hydrogen-bond donors (Lipinski definition) is 1. The highest BCUT2D eigenvalue weighted by atomic mass is 32.2. The minimum Gasteiger partial charge on any atom is -0.337 e.